The Morgan fingerprint density at radius 1 is 1.52 bits per heavy atom. The highest BCUT2D eigenvalue weighted by molar-refractivity contribution is 9.09. The number of hydrogen-bond donors (Lipinski definition) is 1. The zero-order chi connectivity index (χ0) is 15.8. The normalized spacial score (nSPS) is 33.4. The predicted molar refractivity (Wildman–Crippen MR) is 82.4 cm³/mol. The minimum atomic E-state index is -1.53. The number of ether oxygens (including phenoxy) is 1. The van der Waals surface area contributed by atoms with Crippen molar-refractivity contribution in [3.8, 4) is 0 Å². The summed E-state index contributed by atoms with van der Waals surface area (Å²) in [5, 5.41) is 10.8. The lowest BCUT2D eigenvalue weighted by Crippen LogP contribution is -2.58. The zero-order valence-electron chi connectivity index (χ0n) is 12.6. The SMILES string of the molecule is CC(C)(C)OC(=O)N1CCC[C@H]1[C@@]1(O)CC(Br)C=CC1=O. The molecule has 0 aromatic heterocycles. The predicted octanol–water partition coefficient (Wildman–Crippen LogP) is 2.41. The van der Waals surface area contributed by atoms with Crippen molar-refractivity contribution >= 4 is 27.8 Å². The number of amides is 1. The summed E-state index contributed by atoms with van der Waals surface area (Å²) in [4.78, 5) is 25.9. The van der Waals surface area contributed by atoms with E-state index in [2.05, 4.69) is 15.9 Å². The first-order chi connectivity index (χ1) is 9.63. The molecular formula is C15H22BrNO4. The van der Waals surface area contributed by atoms with Crippen molar-refractivity contribution in [1.29, 1.82) is 0 Å². The van der Waals surface area contributed by atoms with Crippen molar-refractivity contribution < 1.29 is 19.4 Å². The standard InChI is InChI=1S/C15H22BrNO4/c1-14(2,3)21-13(19)17-8-4-5-11(17)15(20)9-10(16)6-7-12(15)18/h6-7,10-11,20H,4-5,8-9H2,1-3H3/t10?,11-,15-/m0/s1. The van der Waals surface area contributed by atoms with E-state index in [1.54, 1.807) is 26.8 Å². The molecule has 0 aromatic rings. The number of hydrogen-bond acceptors (Lipinski definition) is 4. The van der Waals surface area contributed by atoms with Crippen LogP contribution in [0.5, 0.6) is 0 Å². The smallest absolute Gasteiger partial charge is 0.410 e. The van der Waals surface area contributed by atoms with Crippen molar-refractivity contribution in [3.63, 3.8) is 0 Å². The average Bonchev–Trinajstić information content (AvgIpc) is 2.82. The Morgan fingerprint density at radius 3 is 2.81 bits per heavy atom. The lowest BCUT2D eigenvalue weighted by atomic mass is 9.80. The van der Waals surface area contributed by atoms with Gasteiger partial charge in [0.05, 0.1) is 6.04 Å². The molecule has 0 aromatic carbocycles. The molecule has 6 heteroatoms. The van der Waals surface area contributed by atoms with Crippen LogP contribution in [-0.2, 0) is 9.53 Å². The number of halogens is 1. The summed E-state index contributed by atoms with van der Waals surface area (Å²) >= 11 is 3.41. The van der Waals surface area contributed by atoms with Crippen LogP contribution in [0.4, 0.5) is 4.79 Å². The number of carbonyl (C=O) groups is 2. The molecule has 0 radical (unpaired) electrons. The van der Waals surface area contributed by atoms with Crippen LogP contribution in [0.3, 0.4) is 0 Å². The minimum Gasteiger partial charge on any atom is -0.444 e. The second-order valence-corrected chi connectivity index (χ2v) is 7.88. The maximum absolute atomic E-state index is 12.3. The van der Waals surface area contributed by atoms with Gasteiger partial charge in [0.15, 0.2) is 5.78 Å². The van der Waals surface area contributed by atoms with Gasteiger partial charge >= 0.3 is 6.09 Å². The molecule has 1 N–H and O–H groups in total. The summed E-state index contributed by atoms with van der Waals surface area (Å²) in [5.74, 6) is -0.335. The van der Waals surface area contributed by atoms with Crippen LogP contribution in [0.2, 0.25) is 0 Å². The van der Waals surface area contributed by atoms with Crippen molar-refractivity contribution in [2.75, 3.05) is 6.54 Å². The van der Waals surface area contributed by atoms with Crippen LogP contribution in [0.15, 0.2) is 12.2 Å². The van der Waals surface area contributed by atoms with Crippen LogP contribution < -0.4 is 0 Å². The minimum absolute atomic E-state index is 0.0683. The monoisotopic (exact) mass is 359 g/mol. The first kappa shape index (κ1) is 16.5. The van der Waals surface area contributed by atoms with Crippen molar-refractivity contribution in [1.82, 2.24) is 4.90 Å². The van der Waals surface area contributed by atoms with E-state index in [0.717, 1.165) is 6.42 Å². The Labute approximate surface area is 133 Å². The molecule has 1 aliphatic heterocycles. The number of alkyl halides is 1. The van der Waals surface area contributed by atoms with Gasteiger partial charge in [0.2, 0.25) is 0 Å². The summed E-state index contributed by atoms with van der Waals surface area (Å²) in [7, 11) is 0. The maximum atomic E-state index is 12.3. The first-order valence-electron chi connectivity index (χ1n) is 7.22. The fourth-order valence-corrected chi connectivity index (χ4v) is 3.55. The third kappa shape index (κ3) is 3.48. The van der Waals surface area contributed by atoms with Crippen LogP contribution in [-0.4, -0.2) is 50.5 Å². The molecule has 1 unspecified atom stereocenters. The molecule has 118 valence electrons. The van der Waals surface area contributed by atoms with E-state index in [0.29, 0.717) is 13.0 Å². The maximum Gasteiger partial charge on any atom is 0.410 e. The largest absolute Gasteiger partial charge is 0.444 e. The lowest BCUT2D eigenvalue weighted by Gasteiger charge is -2.40. The van der Waals surface area contributed by atoms with Gasteiger partial charge in [-0.1, -0.05) is 22.0 Å². The van der Waals surface area contributed by atoms with Gasteiger partial charge in [-0.15, -0.1) is 0 Å². The van der Waals surface area contributed by atoms with Crippen LogP contribution in [0.1, 0.15) is 40.0 Å². The number of likely N-dealkylation sites (tertiary alicyclic amines) is 1. The third-order valence-corrected chi connectivity index (χ3v) is 4.45. The van der Waals surface area contributed by atoms with Gasteiger partial charge in [0.1, 0.15) is 11.2 Å². The molecule has 1 amide bonds. The van der Waals surface area contributed by atoms with E-state index in [-0.39, 0.29) is 17.0 Å². The number of allylic oxidation sites excluding steroid dienone is 1. The lowest BCUT2D eigenvalue weighted by molar-refractivity contribution is -0.139. The topological polar surface area (TPSA) is 66.8 Å². The number of rotatable bonds is 1. The molecule has 1 fully saturated rings. The number of nitrogens with zero attached hydrogens (tertiary/aromatic N) is 1. The molecule has 2 aliphatic rings. The first-order valence-corrected chi connectivity index (χ1v) is 8.14. The Morgan fingerprint density at radius 2 is 2.19 bits per heavy atom. The summed E-state index contributed by atoms with van der Waals surface area (Å²) < 4.78 is 5.38. The Kier molecular flexibility index (Phi) is 4.49. The average molecular weight is 360 g/mol. The number of carbonyl (C=O) groups excluding carboxylic acids is 2. The number of aliphatic hydroxyl groups is 1. The van der Waals surface area contributed by atoms with Crippen molar-refractivity contribution in [2.24, 2.45) is 0 Å². The zero-order valence-corrected chi connectivity index (χ0v) is 14.2. The van der Waals surface area contributed by atoms with Gasteiger partial charge < -0.3 is 14.7 Å². The molecule has 21 heavy (non-hydrogen) atoms. The quantitative estimate of drug-likeness (QED) is 0.730. The van der Waals surface area contributed by atoms with Gasteiger partial charge in [-0.25, -0.2) is 4.79 Å². The van der Waals surface area contributed by atoms with Gasteiger partial charge in [-0.05, 0) is 39.7 Å². The van der Waals surface area contributed by atoms with Crippen molar-refractivity contribution in [2.45, 2.75) is 62.1 Å². The molecule has 2 rings (SSSR count). The second-order valence-electron chi connectivity index (χ2n) is 6.70. The molecule has 1 aliphatic carbocycles. The van der Waals surface area contributed by atoms with Gasteiger partial charge in [-0.2, -0.15) is 0 Å². The Hall–Kier alpha value is -0.880. The molecule has 0 saturated carbocycles. The van der Waals surface area contributed by atoms with E-state index in [4.69, 9.17) is 4.74 Å². The highest BCUT2D eigenvalue weighted by atomic mass is 79.9. The number of ketones is 1. The molecule has 1 saturated heterocycles. The second kappa shape index (κ2) is 5.72. The van der Waals surface area contributed by atoms with Crippen LogP contribution >= 0.6 is 15.9 Å². The van der Waals surface area contributed by atoms with E-state index < -0.39 is 23.3 Å². The van der Waals surface area contributed by atoms with Gasteiger partial charge in [0.25, 0.3) is 0 Å². The van der Waals surface area contributed by atoms with E-state index in [9.17, 15) is 14.7 Å². The molecule has 5 nitrogen and oxygen atoms in total. The summed E-state index contributed by atoms with van der Waals surface area (Å²) in [5.41, 5.74) is -2.13. The van der Waals surface area contributed by atoms with Crippen molar-refractivity contribution in [3.05, 3.63) is 12.2 Å². The fraction of sp³-hybridized carbons (Fsp3) is 0.733. The van der Waals surface area contributed by atoms with E-state index in [1.807, 2.05) is 0 Å². The highest BCUT2D eigenvalue weighted by Crippen LogP contribution is 2.36. The van der Waals surface area contributed by atoms with Crippen LogP contribution in [0, 0.1) is 0 Å². The third-order valence-electron chi connectivity index (χ3n) is 3.82. The molecule has 3 atom stereocenters. The molecule has 0 bridgehead atoms. The van der Waals surface area contributed by atoms with E-state index >= 15 is 0 Å². The Bertz CT molecular complexity index is 471. The Balaban J connectivity index is 2.20. The van der Waals surface area contributed by atoms with Gasteiger partial charge in [0, 0.05) is 17.8 Å². The highest BCUT2D eigenvalue weighted by Gasteiger charge is 2.51. The van der Waals surface area contributed by atoms with Crippen LogP contribution in [0.25, 0.3) is 0 Å². The molecule has 1 heterocycles. The molecular weight excluding hydrogens is 338 g/mol. The van der Waals surface area contributed by atoms with E-state index in [1.165, 1.54) is 11.0 Å². The summed E-state index contributed by atoms with van der Waals surface area (Å²) in [6.45, 7) is 5.90. The molecule has 0 spiro atoms. The fourth-order valence-electron chi connectivity index (χ4n) is 2.90. The summed E-state index contributed by atoms with van der Waals surface area (Å²) in [6.07, 6.45) is 4.29. The van der Waals surface area contributed by atoms with Gasteiger partial charge in [-0.3, -0.25) is 4.79 Å². The summed E-state index contributed by atoms with van der Waals surface area (Å²) in [6, 6.07) is -0.523.